The van der Waals surface area contributed by atoms with Crippen molar-refractivity contribution in [3.63, 3.8) is 0 Å². The number of hydrogen-bond acceptors (Lipinski definition) is 3. The van der Waals surface area contributed by atoms with E-state index in [0.717, 1.165) is 27.8 Å². The number of carbonyl (C=O) groups excluding carboxylic acids is 1. The predicted octanol–water partition coefficient (Wildman–Crippen LogP) is 4.27. The Kier molecular flexibility index (Phi) is 6.07. The molecule has 1 N–H and O–H groups in total. The Morgan fingerprint density at radius 1 is 1.15 bits per heavy atom. The van der Waals surface area contributed by atoms with Gasteiger partial charge >= 0.3 is 0 Å². The van der Waals surface area contributed by atoms with Crippen molar-refractivity contribution in [2.75, 3.05) is 11.9 Å². The number of ether oxygens (including phenoxy) is 1. The summed E-state index contributed by atoms with van der Waals surface area (Å²) in [6, 6.07) is 17.5. The van der Waals surface area contributed by atoms with Gasteiger partial charge in [0.15, 0.2) is 6.61 Å². The Morgan fingerprint density at radius 2 is 1.92 bits per heavy atom. The molecule has 0 aliphatic rings. The van der Waals surface area contributed by atoms with E-state index in [1.807, 2.05) is 48.5 Å². The van der Waals surface area contributed by atoms with Gasteiger partial charge in [-0.05, 0) is 35.7 Å². The average Bonchev–Trinajstić information content (AvgIpc) is 3.08. The standard InChI is InChI=1S/C20H20BrN3O2/c1-2-16-5-3-4-6-18(16)26-14-20(25)23-19-11-12-22-24(19)13-15-7-9-17(21)10-8-15/h3-12H,2,13-14H2,1H3,(H,23,25). The molecule has 0 aliphatic heterocycles. The van der Waals surface area contributed by atoms with Crippen molar-refractivity contribution in [1.29, 1.82) is 0 Å². The molecule has 3 aromatic rings. The van der Waals surface area contributed by atoms with Crippen molar-refractivity contribution in [2.45, 2.75) is 19.9 Å². The third-order valence-corrected chi connectivity index (χ3v) is 4.47. The summed E-state index contributed by atoms with van der Waals surface area (Å²) < 4.78 is 8.44. The molecule has 0 spiro atoms. The highest BCUT2D eigenvalue weighted by atomic mass is 79.9. The predicted molar refractivity (Wildman–Crippen MR) is 105 cm³/mol. The maximum Gasteiger partial charge on any atom is 0.263 e. The average molecular weight is 414 g/mol. The van der Waals surface area contributed by atoms with Crippen LogP contribution in [-0.2, 0) is 17.8 Å². The normalized spacial score (nSPS) is 10.5. The van der Waals surface area contributed by atoms with Crippen molar-refractivity contribution < 1.29 is 9.53 Å². The minimum absolute atomic E-state index is 0.0412. The summed E-state index contributed by atoms with van der Waals surface area (Å²) in [6.45, 7) is 2.60. The second kappa shape index (κ2) is 8.67. The molecule has 0 saturated heterocycles. The molecule has 0 fully saturated rings. The smallest absolute Gasteiger partial charge is 0.263 e. The molecule has 3 rings (SSSR count). The van der Waals surface area contributed by atoms with Crippen LogP contribution >= 0.6 is 15.9 Å². The van der Waals surface area contributed by atoms with Crippen molar-refractivity contribution in [1.82, 2.24) is 9.78 Å². The third-order valence-electron chi connectivity index (χ3n) is 3.94. The van der Waals surface area contributed by atoms with Crippen LogP contribution < -0.4 is 10.1 Å². The number of hydrogen-bond donors (Lipinski definition) is 1. The van der Waals surface area contributed by atoms with E-state index < -0.39 is 0 Å². The van der Waals surface area contributed by atoms with Gasteiger partial charge in [0.25, 0.3) is 5.91 Å². The first-order valence-electron chi connectivity index (χ1n) is 8.42. The quantitative estimate of drug-likeness (QED) is 0.628. The van der Waals surface area contributed by atoms with Crippen molar-refractivity contribution in [3.8, 4) is 5.75 Å². The highest BCUT2D eigenvalue weighted by Crippen LogP contribution is 2.18. The van der Waals surface area contributed by atoms with Crippen LogP contribution in [0.3, 0.4) is 0 Å². The van der Waals surface area contributed by atoms with Gasteiger partial charge in [-0.25, -0.2) is 4.68 Å². The van der Waals surface area contributed by atoms with E-state index in [2.05, 4.69) is 33.3 Å². The van der Waals surface area contributed by atoms with Crippen LogP contribution in [-0.4, -0.2) is 22.3 Å². The van der Waals surface area contributed by atoms with E-state index in [0.29, 0.717) is 12.4 Å². The van der Waals surface area contributed by atoms with Crippen LogP contribution in [0, 0.1) is 0 Å². The number of amides is 1. The molecule has 1 aromatic heterocycles. The Labute approximate surface area is 161 Å². The first-order chi connectivity index (χ1) is 12.7. The van der Waals surface area contributed by atoms with Gasteiger partial charge < -0.3 is 10.1 Å². The fourth-order valence-corrected chi connectivity index (χ4v) is 2.85. The maximum atomic E-state index is 12.2. The second-order valence-corrected chi connectivity index (χ2v) is 6.71. The summed E-state index contributed by atoms with van der Waals surface area (Å²) in [5, 5.41) is 7.14. The molecular formula is C20H20BrN3O2. The molecule has 2 aromatic carbocycles. The topological polar surface area (TPSA) is 56.1 Å². The third kappa shape index (κ3) is 4.73. The molecule has 0 unspecified atom stereocenters. The van der Waals surface area contributed by atoms with Gasteiger partial charge in [-0.1, -0.05) is 53.2 Å². The SMILES string of the molecule is CCc1ccccc1OCC(=O)Nc1ccnn1Cc1ccc(Br)cc1. The number of nitrogens with one attached hydrogen (secondary N) is 1. The van der Waals surface area contributed by atoms with Gasteiger partial charge in [0.1, 0.15) is 11.6 Å². The molecule has 5 nitrogen and oxygen atoms in total. The number of benzene rings is 2. The fraction of sp³-hybridized carbons (Fsp3) is 0.200. The number of aromatic nitrogens is 2. The monoisotopic (exact) mass is 413 g/mol. The van der Waals surface area contributed by atoms with E-state index in [4.69, 9.17) is 4.74 Å². The van der Waals surface area contributed by atoms with E-state index in [1.165, 1.54) is 0 Å². The number of halogens is 1. The Bertz CT molecular complexity index is 875. The van der Waals surface area contributed by atoms with Crippen molar-refractivity contribution >= 4 is 27.7 Å². The van der Waals surface area contributed by atoms with Gasteiger partial charge in [-0.15, -0.1) is 0 Å². The Morgan fingerprint density at radius 3 is 2.69 bits per heavy atom. The maximum absolute atomic E-state index is 12.2. The molecule has 0 bridgehead atoms. The number of anilines is 1. The minimum Gasteiger partial charge on any atom is -0.483 e. The zero-order valence-corrected chi connectivity index (χ0v) is 16.1. The van der Waals surface area contributed by atoms with Crippen LogP contribution in [0.5, 0.6) is 5.75 Å². The van der Waals surface area contributed by atoms with Gasteiger partial charge in [0, 0.05) is 10.5 Å². The van der Waals surface area contributed by atoms with Gasteiger partial charge in [0.05, 0.1) is 12.7 Å². The molecule has 1 heterocycles. The van der Waals surface area contributed by atoms with Crippen molar-refractivity contribution in [2.24, 2.45) is 0 Å². The van der Waals surface area contributed by atoms with Crippen LogP contribution in [0.4, 0.5) is 5.82 Å². The zero-order chi connectivity index (χ0) is 18.4. The summed E-state index contributed by atoms with van der Waals surface area (Å²) in [5.41, 5.74) is 2.18. The molecule has 0 aliphatic carbocycles. The lowest BCUT2D eigenvalue weighted by Gasteiger charge is -2.12. The van der Waals surface area contributed by atoms with E-state index in [-0.39, 0.29) is 12.5 Å². The van der Waals surface area contributed by atoms with Crippen LogP contribution in [0.1, 0.15) is 18.1 Å². The van der Waals surface area contributed by atoms with Crippen LogP contribution in [0.25, 0.3) is 0 Å². The lowest BCUT2D eigenvalue weighted by molar-refractivity contribution is -0.118. The van der Waals surface area contributed by atoms with Crippen LogP contribution in [0.15, 0.2) is 65.3 Å². The number of carbonyl (C=O) groups is 1. The summed E-state index contributed by atoms with van der Waals surface area (Å²) in [7, 11) is 0. The van der Waals surface area contributed by atoms with E-state index >= 15 is 0 Å². The van der Waals surface area contributed by atoms with Crippen molar-refractivity contribution in [3.05, 3.63) is 76.4 Å². The number of aryl methyl sites for hydroxylation is 1. The second-order valence-electron chi connectivity index (χ2n) is 5.80. The highest BCUT2D eigenvalue weighted by Gasteiger charge is 2.10. The fourth-order valence-electron chi connectivity index (χ4n) is 2.59. The summed E-state index contributed by atoms with van der Waals surface area (Å²) in [4.78, 5) is 12.2. The molecule has 1 amide bonds. The first kappa shape index (κ1) is 18.2. The Balaban J connectivity index is 1.60. The Hall–Kier alpha value is -2.60. The summed E-state index contributed by atoms with van der Waals surface area (Å²) in [6.07, 6.45) is 2.53. The highest BCUT2D eigenvalue weighted by molar-refractivity contribution is 9.10. The zero-order valence-electron chi connectivity index (χ0n) is 14.5. The summed E-state index contributed by atoms with van der Waals surface area (Å²) >= 11 is 3.42. The minimum atomic E-state index is -0.214. The number of nitrogens with zero attached hydrogens (tertiary/aromatic N) is 2. The summed E-state index contributed by atoms with van der Waals surface area (Å²) in [5.74, 6) is 1.17. The number of para-hydroxylation sites is 1. The molecular weight excluding hydrogens is 394 g/mol. The largest absolute Gasteiger partial charge is 0.483 e. The molecule has 0 atom stereocenters. The number of rotatable bonds is 7. The lowest BCUT2D eigenvalue weighted by atomic mass is 10.1. The lowest BCUT2D eigenvalue weighted by Crippen LogP contribution is -2.22. The van der Waals surface area contributed by atoms with E-state index in [9.17, 15) is 4.79 Å². The van der Waals surface area contributed by atoms with Gasteiger partial charge in [0.2, 0.25) is 0 Å². The molecule has 134 valence electrons. The molecule has 0 saturated carbocycles. The van der Waals surface area contributed by atoms with Gasteiger partial charge in [-0.2, -0.15) is 5.10 Å². The van der Waals surface area contributed by atoms with Crippen LogP contribution in [0.2, 0.25) is 0 Å². The molecule has 6 heteroatoms. The van der Waals surface area contributed by atoms with Gasteiger partial charge in [-0.3, -0.25) is 4.79 Å². The van der Waals surface area contributed by atoms with E-state index in [1.54, 1.807) is 16.9 Å². The first-order valence-corrected chi connectivity index (χ1v) is 9.22. The molecule has 0 radical (unpaired) electrons. The molecule has 26 heavy (non-hydrogen) atoms.